The average molecular weight is 375 g/mol. The van der Waals surface area contributed by atoms with Crippen molar-refractivity contribution in [1.82, 2.24) is 14.8 Å². The number of carbonyl (C=O) groups excluding carboxylic acids is 1. The van der Waals surface area contributed by atoms with Crippen LogP contribution in [0, 0.1) is 0 Å². The minimum absolute atomic E-state index is 0.0546. The summed E-state index contributed by atoms with van der Waals surface area (Å²) in [6.07, 6.45) is 0.416. The molecule has 3 rings (SSSR count). The molecule has 0 bridgehead atoms. The third-order valence-electron chi connectivity index (χ3n) is 4.11. The number of halogens is 4. The Kier molecular flexibility index (Phi) is 5.03. The third kappa shape index (κ3) is 3.90. The molecule has 6 nitrogen and oxygen atoms in total. The predicted molar refractivity (Wildman–Crippen MR) is 81.5 cm³/mol. The van der Waals surface area contributed by atoms with E-state index in [0.29, 0.717) is 12.7 Å². The monoisotopic (exact) mass is 375 g/mol. The Hall–Kier alpha value is -2.36. The summed E-state index contributed by atoms with van der Waals surface area (Å²) in [4.78, 5) is 17.9. The van der Waals surface area contributed by atoms with Gasteiger partial charge in [-0.05, 0) is 37.1 Å². The van der Waals surface area contributed by atoms with Gasteiger partial charge in [-0.15, -0.1) is 0 Å². The second-order valence-electron chi connectivity index (χ2n) is 6.02. The number of amides is 1. The minimum Gasteiger partial charge on any atom is -0.376 e. The molecule has 1 aromatic rings. The molecule has 1 aliphatic heterocycles. The van der Waals surface area contributed by atoms with Crippen molar-refractivity contribution in [2.24, 2.45) is 0 Å². The quantitative estimate of drug-likeness (QED) is 0.598. The average Bonchev–Trinajstić information content (AvgIpc) is 3.28. The predicted octanol–water partition coefficient (Wildman–Crippen LogP) is 3.38. The Morgan fingerprint density at radius 1 is 1.50 bits per heavy atom. The van der Waals surface area contributed by atoms with Gasteiger partial charge in [0.2, 0.25) is 5.67 Å². The Balaban J connectivity index is 1.72. The van der Waals surface area contributed by atoms with Gasteiger partial charge < -0.3 is 9.57 Å². The summed E-state index contributed by atoms with van der Waals surface area (Å²) < 4.78 is 58.5. The molecule has 0 radical (unpaired) electrons. The minimum atomic E-state index is -5.02. The molecule has 1 amide bonds. The summed E-state index contributed by atoms with van der Waals surface area (Å²) in [5, 5.41) is 4.77. The van der Waals surface area contributed by atoms with Crippen LogP contribution < -0.4 is 0 Å². The highest BCUT2D eigenvalue weighted by Crippen LogP contribution is 2.40. The molecule has 1 saturated heterocycles. The zero-order chi connectivity index (χ0) is 18.8. The van der Waals surface area contributed by atoms with Gasteiger partial charge in [0.05, 0.1) is 12.6 Å². The van der Waals surface area contributed by atoms with Crippen molar-refractivity contribution < 1.29 is 31.9 Å². The van der Waals surface area contributed by atoms with E-state index in [9.17, 15) is 22.4 Å². The van der Waals surface area contributed by atoms with Crippen LogP contribution in [0.25, 0.3) is 0 Å². The number of ether oxygens (including phenoxy) is 1. The number of carbonyl (C=O) groups is 1. The van der Waals surface area contributed by atoms with Gasteiger partial charge in [-0.1, -0.05) is 0 Å². The molecule has 0 aromatic carbocycles. The van der Waals surface area contributed by atoms with E-state index in [4.69, 9.17) is 9.57 Å². The lowest BCUT2D eigenvalue weighted by molar-refractivity contribution is -0.211. The standard InChI is InChI=1S/C16H17F4N3O3/c17-15(16(18,19)20)6-4-12(5-7-15)26-23(11-13-3-1-10-25-13)14(24)22-9-2-8-21-22/h2,4-6,8-9,13H,1,3,7,10-11H2. The van der Waals surface area contributed by atoms with E-state index in [1.807, 2.05) is 0 Å². The van der Waals surface area contributed by atoms with Crippen LogP contribution in [0.1, 0.15) is 19.3 Å². The van der Waals surface area contributed by atoms with Crippen molar-refractivity contribution in [3.8, 4) is 0 Å². The van der Waals surface area contributed by atoms with Gasteiger partial charge in [-0.2, -0.15) is 28.0 Å². The molecule has 1 fully saturated rings. The van der Waals surface area contributed by atoms with Crippen LogP contribution in [0.3, 0.4) is 0 Å². The van der Waals surface area contributed by atoms with Crippen molar-refractivity contribution in [3.63, 3.8) is 0 Å². The number of alkyl halides is 4. The number of allylic oxidation sites excluding steroid dienone is 3. The first-order chi connectivity index (χ1) is 12.3. The van der Waals surface area contributed by atoms with E-state index >= 15 is 0 Å². The summed E-state index contributed by atoms with van der Waals surface area (Å²) in [5.41, 5.74) is -3.44. The lowest BCUT2D eigenvalue weighted by Gasteiger charge is -2.29. The highest BCUT2D eigenvalue weighted by atomic mass is 19.4. The molecule has 2 unspecified atom stereocenters. The van der Waals surface area contributed by atoms with Gasteiger partial charge >= 0.3 is 12.2 Å². The van der Waals surface area contributed by atoms with Gasteiger partial charge in [-0.3, -0.25) is 0 Å². The molecule has 26 heavy (non-hydrogen) atoms. The number of hydrogen-bond acceptors (Lipinski definition) is 4. The van der Waals surface area contributed by atoms with Gasteiger partial charge in [0.15, 0.2) is 5.76 Å². The molecule has 142 valence electrons. The molecule has 2 heterocycles. The van der Waals surface area contributed by atoms with Crippen molar-refractivity contribution in [3.05, 3.63) is 42.4 Å². The number of rotatable bonds is 4. The zero-order valence-corrected chi connectivity index (χ0v) is 13.7. The Morgan fingerprint density at radius 3 is 2.85 bits per heavy atom. The fraction of sp³-hybridized carbons (Fsp3) is 0.500. The van der Waals surface area contributed by atoms with Crippen LogP contribution in [0.2, 0.25) is 0 Å². The van der Waals surface area contributed by atoms with E-state index in [2.05, 4.69) is 5.10 Å². The van der Waals surface area contributed by atoms with Crippen LogP contribution in [-0.2, 0) is 9.57 Å². The van der Waals surface area contributed by atoms with Gasteiger partial charge in [0.1, 0.15) is 0 Å². The number of aromatic nitrogens is 2. The van der Waals surface area contributed by atoms with Crippen LogP contribution in [0.5, 0.6) is 0 Å². The van der Waals surface area contributed by atoms with Gasteiger partial charge in [0, 0.05) is 25.4 Å². The van der Waals surface area contributed by atoms with E-state index in [1.165, 1.54) is 12.4 Å². The largest absolute Gasteiger partial charge is 0.426 e. The normalized spacial score (nSPS) is 25.8. The SMILES string of the molecule is O=C(N(CC1CCCO1)OC1=CCC(F)(C(F)(F)F)C=C1)n1cccn1. The summed E-state index contributed by atoms with van der Waals surface area (Å²) >= 11 is 0. The van der Waals surface area contributed by atoms with Crippen LogP contribution in [-0.4, -0.2) is 52.0 Å². The molecular formula is C16H17F4N3O3. The maximum absolute atomic E-state index is 13.9. The molecular weight excluding hydrogens is 358 g/mol. The van der Waals surface area contributed by atoms with Crippen molar-refractivity contribution in [2.45, 2.75) is 37.2 Å². The van der Waals surface area contributed by atoms with Crippen LogP contribution >= 0.6 is 0 Å². The summed E-state index contributed by atoms with van der Waals surface area (Å²) in [6, 6.07) is 0.913. The Labute approximate surface area is 146 Å². The highest BCUT2D eigenvalue weighted by molar-refractivity contribution is 5.74. The Bertz CT molecular complexity index is 696. The van der Waals surface area contributed by atoms with E-state index in [-0.39, 0.29) is 18.4 Å². The first-order valence-electron chi connectivity index (χ1n) is 8.05. The first kappa shape index (κ1) is 18.4. The van der Waals surface area contributed by atoms with E-state index < -0.39 is 24.3 Å². The molecule has 1 aromatic heterocycles. The van der Waals surface area contributed by atoms with Crippen molar-refractivity contribution >= 4 is 6.03 Å². The molecule has 0 saturated carbocycles. The fourth-order valence-corrected chi connectivity index (χ4v) is 2.63. The molecule has 2 aliphatic rings. The topological polar surface area (TPSA) is 56.6 Å². The molecule has 1 aliphatic carbocycles. The van der Waals surface area contributed by atoms with Crippen molar-refractivity contribution in [2.75, 3.05) is 13.2 Å². The molecule has 0 spiro atoms. The lowest BCUT2D eigenvalue weighted by atomic mass is 9.96. The maximum atomic E-state index is 13.9. The first-order valence-corrected chi connectivity index (χ1v) is 8.05. The third-order valence-corrected chi connectivity index (χ3v) is 4.11. The molecule has 10 heteroatoms. The highest BCUT2D eigenvalue weighted by Gasteiger charge is 2.54. The number of hydrogen-bond donors (Lipinski definition) is 0. The maximum Gasteiger partial charge on any atom is 0.426 e. The van der Waals surface area contributed by atoms with Crippen LogP contribution in [0.4, 0.5) is 22.4 Å². The summed E-state index contributed by atoms with van der Waals surface area (Å²) in [7, 11) is 0. The number of hydroxylamine groups is 2. The fourth-order valence-electron chi connectivity index (χ4n) is 2.63. The summed E-state index contributed by atoms with van der Waals surface area (Å²) in [5.74, 6) is -0.0546. The van der Waals surface area contributed by atoms with E-state index in [0.717, 1.165) is 34.7 Å². The number of nitrogens with zero attached hydrogens (tertiary/aromatic N) is 3. The Morgan fingerprint density at radius 2 is 2.31 bits per heavy atom. The van der Waals surface area contributed by atoms with Crippen molar-refractivity contribution in [1.29, 1.82) is 0 Å². The van der Waals surface area contributed by atoms with Gasteiger partial charge in [-0.25, -0.2) is 9.18 Å². The summed E-state index contributed by atoms with van der Waals surface area (Å²) in [6.45, 7) is 0.636. The second-order valence-corrected chi connectivity index (χ2v) is 6.02. The van der Waals surface area contributed by atoms with Crippen LogP contribution in [0.15, 0.2) is 42.4 Å². The van der Waals surface area contributed by atoms with Gasteiger partial charge in [0.25, 0.3) is 0 Å². The molecule has 2 atom stereocenters. The zero-order valence-electron chi connectivity index (χ0n) is 13.7. The molecule has 0 N–H and O–H groups in total. The lowest BCUT2D eigenvalue weighted by Crippen LogP contribution is -2.41. The second kappa shape index (κ2) is 7.10. The van der Waals surface area contributed by atoms with E-state index in [1.54, 1.807) is 6.07 Å². The smallest absolute Gasteiger partial charge is 0.376 e.